The van der Waals surface area contributed by atoms with Gasteiger partial charge in [0.15, 0.2) is 0 Å². The van der Waals surface area contributed by atoms with Crippen LogP contribution in [0.2, 0.25) is 5.02 Å². The van der Waals surface area contributed by atoms with Crippen molar-refractivity contribution in [1.29, 1.82) is 0 Å². The molecule has 29 heavy (non-hydrogen) atoms. The van der Waals surface area contributed by atoms with Crippen LogP contribution in [-0.4, -0.2) is 49.8 Å². The van der Waals surface area contributed by atoms with Crippen LogP contribution in [0.25, 0.3) is 0 Å². The number of ether oxygens (including phenoxy) is 2. The number of hydrogen-bond acceptors (Lipinski definition) is 5. The first kappa shape index (κ1) is 19.9. The summed E-state index contributed by atoms with van der Waals surface area (Å²) in [6, 6.07) is 8.05. The average Bonchev–Trinajstić information content (AvgIpc) is 3.21. The molecule has 1 unspecified atom stereocenters. The predicted molar refractivity (Wildman–Crippen MR) is 109 cm³/mol. The molecule has 1 fully saturated rings. The van der Waals surface area contributed by atoms with Gasteiger partial charge < -0.3 is 20.5 Å². The van der Waals surface area contributed by atoms with Crippen LogP contribution in [0.15, 0.2) is 30.3 Å². The molecule has 154 valence electrons. The van der Waals surface area contributed by atoms with Gasteiger partial charge in [-0.15, -0.1) is 0 Å². The Labute approximate surface area is 173 Å². The molecule has 0 bridgehead atoms. The topological polar surface area (TPSA) is 76.8 Å². The van der Waals surface area contributed by atoms with Gasteiger partial charge in [-0.25, -0.2) is 4.39 Å². The van der Waals surface area contributed by atoms with Crippen LogP contribution in [0.1, 0.15) is 21.5 Å². The number of morpholine rings is 1. The molecule has 0 radical (unpaired) electrons. The van der Waals surface area contributed by atoms with E-state index in [2.05, 4.69) is 10.2 Å². The molecular weight excluding hydrogens is 397 g/mol. The molecule has 8 heteroatoms. The van der Waals surface area contributed by atoms with E-state index in [1.165, 1.54) is 12.1 Å². The summed E-state index contributed by atoms with van der Waals surface area (Å²) in [5.74, 6) is 0.0192. The van der Waals surface area contributed by atoms with Gasteiger partial charge in [0.25, 0.3) is 5.91 Å². The first-order valence-electron chi connectivity index (χ1n) is 9.61. The standard InChI is InChI=1S/C21H23ClFN3O3/c22-18-9-17(20-16(19(18)24)5-7-29-20)21(27)25-10-15-12-26(6-8-28-15)11-13-1-3-14(23)4-2-13/h1-4,9,15H,5-8,10-12,24H2,(H,25,27). The van der Waals surface area contributed by atoms with Gasteiger partial charge in [-0.05, 0) is 23.8 Å². The van der Waals surface area contributed by atoms with Crippen molar-refractivity contribution in [2.75, 3.05) is 38.6 Å². The Hall–Kier alpha value is -2.35. The van der Waals surface area contributed by atoms with Crippen molar-refractivity contribution in [1.82, 2.24) is 10.2 Å². The fourth-order valence-electron chi connectivity index (χ4n) is 3.73. The second-order valence-electron chi connectivity index (χ2n) is 7.29. The Morgan fingerprint density at radius 1 is 1.31 bits per heavy atom. The first-order valence-corrected chi connectivity index (χ1v) is 9.99. The highest BCUT2D eigenvalue weighted by Crippen LogP contribution is 2.38. The molecule has 1 amide bonds. The second kappa shape index (κ2) is 8.57. The molecule has 2 aromatic carbocycles. The summed E-state index contributed by atoms with van der Waals surface area (Å²) in [5.41, 5.74) is 8.70. The fraction of sp³-hybridized carbons (Fsp3) is 0.381. The van der Waals surface area contributed by atoms with E-state index < -0.39 is 0 Å². The molecule has 2 aliphatic rings. The van der Waals surface area contributed by atoms with Gasteiger partial charge in [0.2, 0.25) is 0 Å². The average molecular weight is 420 g/mol. The number of halogens is 2. The van der Waals surface area contributed by atoms with Crippen molar-refractivity contribution in [2.45, 2.75) is 19.1 Å². The summed E-state index contributed by atoms with van der Waals surface area (Å²) in [5, 5.41) is 3.28. The lowest BCUT2D eigenvalue weighted by Crippen LogP contribution is -2.47. The molecule has 4 rings (SSSR count). The summed E-state index contributed by atoms with van der Waals surface area (Å²) in [6.45, 7) is 3.61. The maximum atomic E-state index is 13.1. The quantitative estimate of drug-likeness (QED) is 0.728. The third kappa shape index (κ3) is 4.47. The Bertz CT molecular complexity index is 907. The second-order valence-corrected chi connectivity index (χ2v) is 7.70. The third-order valence-electron chi connectivity index (χ3n) is 5.25. The minimum absolute atomic E-state index is 0.133. The largest absolute Gasteiger partial charge is 0.492 e. The van der Waals surface area contributed by atoms with Crippen LogP contribution in [0.5, 0.6) is 5.75 Å². The smallest absolute Gasteiger partial charge is 0.255 e. The van der Waals surface area contributed by atoms with E-state index in [1.54, 1.807) is 18.2 Å². The van der Waals surface area contributed by atoms with E-state index in [0.29, 0.717) is 61.3 Å². The van der Waals surface area contributed by atoms with E-state index in [-0.39, 0.29) is 17.8 Å². The van der Waals surface area contributed by atoms with Crippen molar-refractivity contribution >= 4 is 23.2 Å². The van der Waals surface area contributed by atoms with Crippen LogP contribution in [0.3, 0.4) is 0 Å². The molecule has 0 saturated carbocycles. The lowest BCUT2D eigenvalue weighted by molar-refractivity contribution is -0.0292. The number of amides is 1. The van der Waals surface area contributed by atoms with Crippen LogP contribution in [0.4, 0.5) is 10.1 Å². The number of rotatable bonds is 5. The number of fused-ring (bicyclic) bond motifs is 1. The zero-order valence-corrected chi connectivity index (χ0v) is 16.7. The maximum Gasteiger partial charge on any atom is 0.255 e. The molecule has 2 heterocycles. The zero-order valence-electron chi connectivity index (χ0n) is 15.9. The van der Waals surface area contributed by atoms with Crippen LogP contribution in [-0.2, 0) is 17.7 Å². The predicted octanol–water partition coefficient (Wildman–Crippen LogP) is 2.63. The number of nitrogen functional groups attached to an aromatic ring is 1. The van der Waals surface area contributed by atoms with E-state index in [9.17, 15) is 9.18 Å². The number of nitrogens with zero attached hydrogens (tertiary/aromatic N) is 1. The van der Waals surface area contributed by atoms with E-state index in [1.807, 2.05) is 0 Å². The van der Waals surface area contributed by atoms with Crippen LogP contribution >= 0.6 is 11.6 Å². The molecule has 0 aromatic heterocycles. The molecule has 1 saturated heterocycles. The first-order chi connectivity index (χ1) is 14.0. The monoisotopic (exact) mass is 419 g/mol. The number of carbonyl (C=O) groups excluding carboxylic acids is 1. The summed E-state index contributed by atoms with van der Waals surface area (Å²) in [6.07, 6.45) is 0.512. The van der Waals surface area contributed by atoms with Crippen molar-refractivity contribution in [2.24, 2.45) is 0 Å². The van der Waals surface area contributed by atoms with E-state index >= 15 is 0 Å². The number of hydrogen-bond donors (Lipinski definition) is 2. The zero-order chi connectivity index (χ0) is 20.4. The molecular formula is C21H23ClFN3O3. The third-order valence-corrected chi connectivity index (χ3v) is 5.56. The highest BCUT2D eigenvalue weighted by Gasteiger charge is 2.26. The van der Waals surface area contributed by atoms with Crippen molar-refractivity contribution in [3.05, 3.63) is 57.9 Å². The van der Waals surface area contributed by atoms with Gasteiger partial charge in [0.1, 0.15) is 11.6 Å². The number of carbonyl (C=O) groups is 1. The van der Waals surface area contributed by atoms with Crippen molar-refractivity contribution < 1.29 is 18.7 Å². The number of nitrogens with two attached hydrogens (primary N) is 1. The van der Waals surface area contributed by atoms with Gasteiger partial charge >= 0.3 is 0 Å². The molecule has 1 atom stereocenters. The number of anilines is 1. The number of benzene rings is 2. The SMILES string of the molecule is Nc1c(Cl)cc(C(=O)NCC2CN(Cc3ccc(F)cc3)CCO2)c2c1CCO2. The summed E-state index contributed by atoms with van der Waals surface area (Å²) < 4.78 is 24.5. The highest BCUT2D eigenvalue weighted by molar-refractivity contribution is 6.33. The minimum atomic E-state index is -0.260. The van der Waals surface area contributed by atoms with Gasteiger partial charge in [0, 0.05) is 38.2 Å². The Morgan fingerprint density at radius 3 is 2.90 bits per heavy atom. The molecule has 2 aromatic rings. The lowest BCUT2D eigenvalue weighted by Gasteiger charge is -2.33. The maximum absolute atomic E-state index is 13.1. The summed E-state index contributed by atoms with van der Waals surface area (Å²) in [7, 11) is 0. The highest BCUT2D eigenvalue weighted by atomic mass is 35.5. The van der Waals surface area contributed by atoms with Gasteiger partial charge in [-0.1, -0.05) is 23.7 Å². The Balaban J connectivity index is 1.35. The van der Waals surface area contributed by atoms with Crippen LogP contribution < -0.4 is 15.8 Å². The fourth-order valence-corrected chi connectivity index (χ4v) is 3.96. The van der Waals surface area contributed by atoms with Crippen molar-refractivity contribution in [3.8, 4) is 5.75 Å². The normalized spacial score (nSPS) is 18.9. The molecule has 0 aliphatic carbocycles. The molecule has 2 aliphatic heterocycles. The number of nitrogens with one attached hydrogen (secondary N) is 1. The van der Waals surface area contributed by atoms with Gasteiger partial charge in [-0.2, -0.15) is 0 Å². The van der Waals surface area contributed by atoms with Gasteiger partial charge in [-0.3, -0.25) is 9.69 Å². The van der Waals surface area contributed by atoms with Crippen molar-refractivity contribution in [3.63, 3.8) is 0 Å². The molecule has 3 N–H and O–H groups in total. The Kier molecular flexibility index (Phi) is 5.89. The lowest BCUT2D eigenvalue weighted by atomic mass is 10.1. The van der Waals surface area contributed by atoms with E-state index in [4.69, 9.17) is 26.8 Å². The minimum Gasteiger partial charge on any atom is -0.492 e. The molecule has 0 spiro atoms. The van der Waals surface area contributed by atoms with Crippen LogP contribution in [0, 0.1) is 5.82 Å². The van der Waals surface area contributed by atoms with E-state index in [0.717, 1.165) is 17.7 Å². The Morgan fingerprint density at radius 2 is 2.10 bits per heavy atom. The van der Waals surface area contributed by atoms with Gasteiger partial charge in [0.05, 0.1) is 35.6 Å². The summed E-state index contributed by atoms with van der Waals surface area (Å²) >= 11 is 6.18. The summed E-state index contributed by atoms with van der Waals surface area (Å²) in [4.78, 5) is 15.0. The molecule has 6 nitrogen and oxygen atoms in total.